The first-order chi connectivity index (χ1) is 7.27. The highest BCUT2D eigenvalue weighted by atomic mass is 16.5. The summed E-state index contributed by atoms with van der Waals surface area (Å²) in [4.78, 5) is 21.2. The van der Waals surface area contributed by atoms with Crippen LogP contribution in [-0.2, 0) is 16.0 Å². The molecule has 0 unspecified atom stereocenters. The van der Waals surface area contributed by atoms with Crippen molar-refractivity contribution < 1.29 is 14.3 Å². The van der Waals surface area contributed by atoms with Gasteiger partial charge in [0.05, 0.1) is 0 Å². The first-order valence-electron chi connectivity index (χ1n) is 4.91. The highest BCUT2D eigenvalue weighted by molar-refractivity contribution is 5.72. The zero-order chi connectivity index (χ0) is 11.1. The van der Waals surface area contributed by atoms with Crippen LogP contribution in [0.4, 0.5) is 0 Å². The van der Waals surface area contributed by atoms with Crippen LogP contribution in [0.1, 0.15) is 25.3 Å². The summed E-state index contributed by atoms with van der Waals surface area (Å²) in [5.41, 5.74) is 0.864. The summed E-state index contributed by atoms with van der Waals surface area (Å²) in [6, 6.07) is 7.22. The Kier molecular flexibility index (Phi) is 4.54. The van der Waals surface area contributed by atoms with E-state index in [1.165, 1.54) is 0 Å². The van der Waals surface area contributed by atoms with Crippen molar-refractivity contribution in [3.8, 4) is 5.75 Å². The van der Waals surface area contributed by atoms with E-state index in [0.29, 0.717) is 25.0 Å². The highest BCUT2D eigenvalue weighted by Crippen LogP contribution is 2.19. The first kappa shape index (κ1) is 11.4. The third kappa shape index (κ3) is 3.54. The molecule has 79 valence electrons. The van der Waals surface area contributed by atoms with Gasteiger partial charge in [0.1, 0.15) is 5.75 Å². The van der Waals surface area contributed by atoms with E-state index in [2.05, 4.69) is 0 Å². The second-order valence-corrected chi connectivity index (χ2v) is 3.08. The Labute approximate surface area is 89.1 Å². The third-order valence-corrected chi connectivity index (χ3v) is 1.98. The lowest BCUT2D eigenvalue weighted by atomic mass is 10.1. The third-order valence-electron chi connectivity index (χ3n) is 1.98. The number of esters is 1. The molecule has 1 radical (unpaired) electrons. The molecule has 1 rings (SSSR count). The molecule has 0 aromatic heterocycles. The molecular formula is C12H13O3. The summed E-state index contributed by atoms with van der Waals surface area (Å²) in [6.07, 6.45) is 3.03. The van der Waals surface area contributed by atoms with Gasteiger partial charge in [-0.3, -0.25) is 9.59 Å². The minimum Gasteiger partial charge on any atom is -0.426 e. The predicted octanol–water partition coefficient (Wildman–Crippen LogP) is 2.04. The molecule has 3 heteroatoms. The number of aryl methyl sites for hydroxylation is 1. The van der Waals surface area contributed by atoms with Crippen LogP contribution in [0, 0.1) is 0 Å². The summed E-state index contributed by atoms with van der Waals surface area (Å²) >= 11 is 0. The molecular weight excluding hydrogens is 192 g/mol. The summed E-state index contributed by atoms with van der Waals surface area (Å²) in [5, 5.41) is 0. The monoisotopic (exact) mass is 205 g/mol. The number of ether oxygens (including phenoxy) is 1. The Morgan fingerprint density at radius 1 is 1.40 bits per heavy atom. The van der Waals surface area contributed by atoms with E-state index in [1.807, 2.05) is 18.4 Å². The van der Waals surface area contributed by atoms with Crippen molar-refractivity contribution in [2.45, 2.75) is 26.2 Å². The SMILES string of the molecule is CCC(=O)Oc1ccccc1CC[C]=O. The van der Waals surface area contributed by atoms with Crippen molar-refractivity contribution in [2.75, 3.05) is 0 Å². The largest absolute Gasteiger partial charge is 0.426 e. The number of rotatable bonds is 5. The Balaban J connectivity index is 2.76. The zero-order valence-corrected chi connectivity index (χ0v) is 8.66. The van der Waals surface area contributed by atoms with Crippen molar-refractivity contribution in [1.29, 1.82) is 0 Å². The number of benzene rings is 1. The summed E-state index contributed by atoms with van der Waals surface area (Å²) < 4.78 is 5.12. The summed E-state index contributed by atoms with van der Waals surface area (Å²) in [7, 11) is 0. The van der Waals surface area contributed by atoms with Crippen LogP contribution in [0.2, 0.25) is 0 Å². The fourth-order valence-corrected chi connectivity index (χ4v) is 1.19. The smallest absolute Gasteiger partial charge is 0.310 e. The Morgan fingerprint density at radius 3 is 2.80 bits per heavy atom. The lowest BCUT2D eigenvalue weighted by Crippen LogP contribution is -2.07. The predicted molar refractivity (Wildman–Crippen MR) is 56.4 cm³/mol. The van der Waals surface area contributed by atoms with Gasteiger partial charge in [0.25, 0.3) is 0 Å². The van der Waals surface area contributed by atoms with E-state index in [9.17, 15) is 9.59 Å². The molecule has 1 aromatic carbocycles. The first-order valence-corrected chi connectivity index (χ1v) is 4.91. The fraction of sp³-hybridized carbons (Fsp3) is 0.333. The number of para-hydroxylation sites is 1. The Morgan fingerprint density at radius 2 is 2.13 bits per heavy atom. The Hall–Kier alpha value is -1.64. The lowest BCUT2D eigenvalue weighted by Gasteiger charge is -2.07. The molecule has 0 heterocycles. The quantitative estimate of drug-likeness (QED) is 0.545. The van der Waals surface area contributed by atoms with Crippen molar-refractivity contribution in [1.82, 2.24) is 0 Å². The summed E-state index contributed by atoms with van der Waals surface area (Å²) in [6.45, 7) is 1.74. The van der Waals surface area contributed by atoms with Crippen LogP contribution in [0.5, 0.6) is 5.75 Å². The molecule has 0 aliphatic carbocycles. The van der Waals surface area contributed by atoms with Gasteiger partial charge in [0.2, 0.25) is 0 Å². The maximum Gasteiger partial charge on any atom is 0.310 e. The Bertz CT molecular complexity index is 344. The number of hydrogen-bond donors (Lipinski definition) is 0. The van der Waals surface area contributed by atoms with Gasteiger partial charge in [-0.05, 0) is 18.1 Å². The van der Waals surface area contributed by atoms with Crippen molar-refractivity contribution in [3.63, 3.8) is 0 Å². The van der Waals surface area contributed by atoms with E-state index >= 15 is 0 Å². The van der Waals surface area contributed by atoms with Gasteiger partial charge in [-0.1, -0.05) is 25.1 Å². The van der Waals surface area contributed by atoms with Crippen molar-refractivity contribution in [3.05, 3.63) is 29.8 Å². The molecule has 3 nitrogen and oxygen atoms in total. The van der Waals surface area contributed by atoms with E-state index in [4.69, 9.17) is 4.74 Å². The molecule has 15 heavy (non-hydrogen) atoms. The van der Waals surface area contributed by atoms with Crippen molar-refractivity contribution >= 4 is 12.3 Å². The van der Waals surface area contributed by atoms with E-state index in [0.717, 1.165) is 5.56 Å². The number of carbonyl (C=O) groups excluding carboxylic acids is 2. The van der Waals surface area contributed by atoms with E-state index in [1.54, 1.807) is 19.1 Å². The number of hydrogen-bond acceptors (Lipinski definition) is 3. The summed E-state index contributed by atoms with van der Waals surface area (Å²) in [5.74, 6) is 0.275. The molecule has 0 amide bonds. The second-order valence-electron chi connectivity index (χ2n) is 3.08. The van der Waals surface area contributed by atoms with Crippen molar-refractivity contribution in [2.24, 2.45) is 0 Å². The average molecular weight is 205 g/mol. The standard InChI is InChI=1S/C12H13O3/c1-2-12(14)15-11-8-4-3-6-10(11)7-5-9-13/h3-4,6,8H,2,5,7H2,1H3. The topological polar surface area (TPSA) is 43.4 Å². The molecule has 0 spiro atoms. The van der Waals surface area contributed by atoms with Gasteiger partial charge >= 0.3 is 5.97 Å². The lowest BCUT2D eigenvalue weighted by molar-refractivity contribution is -0.134. The molecule has 0 fully saturated rings. The fourth-order valence-electron chi connectivity index (χ4n) is 1.19. The minimum atomic E-state index is -0.266. The normalized spacial score (nSPS) is 9.67. The van der Waals surface area contributed by atoms with Gasteiger partial charge in [0.15, 0.2) is 6.29 Å². The van der Waals surface area contributed by atoms with Crippen LogP contribution in [0.3, 0.4) is 0 Å². The van der Waals surface area contributed by atoms with Gasteiger partial charge in [-0.15, -0.1) is 0 Å². The highest BCUT2D eigenvalue weighted by Gasteiger charge is 2.06. The molecule has 1 aromatic rings. The van der Waals surface area contributed by atoms with Crippen LogP contribution in [-0.4, -0.2) is 12.3 Å². The van der Waals surface area contributed by atoms with Crippen LogP contribution >= 0.6 is 0 Å². The maximum absolute atomic E-state index is 11.1. The molecule has 0 saturated heterocycles. The number of carbonyl (C=O) groups is 1. The maximum atomic E-state index is 11.1. The van der Waals surface area contributed by atoms with E-state index in [-0.39, 0.29) is 5.97 Å². The van der Waals surface area contributed by atoms with Gasteiger partial charge in [-0.25, -0.2) is 0 Å². The molecule has 0 aliphatic rings. The van der Waals surface area contributed by atoms with E-state index < -0.39 is 0 Å². The van der Waals surface area contributed by atoms with Crippen LogP contribution in [0.15, 0.2) is 24.3 Å². The minimum absolute atomic E-state index is 0.266. The molecule has 0 atom stereocenters. The molecule has 0 saturated carbocycles. The van der Waals surface area contributed by atoms with Crippen LogP contribution in [0.25, 0.3) is 0 Å². The van der Waals surface area contributed by atoms with Crippen LogP contribution < -0.4 is 4.74 Å². The average Bonchev–Trinajstić information content (AvgIpc) is 2.28. The second kappa shape index (κ2) is 5.96. The van der Waals surface area contributed by atoms with Gasteiger partial charge in [-0.2, -0.15) is 0 Å². The zero-order valence-electron chi connectivity index (χ0n) is 8.66. The molecule has 0 N–H and O–H groups in total. The molecule has 0 aliphatic heterocycles. The molecule has 0 bridgehead atoms. The van der Waals surface area contributed by atoms with Gasteiger partial charge in [0, 0.05) is 12.8 Å². The van der Waals surface area contributed by atoms with Gasteiger partial charge < -0.3 is 4.74 Å².